The van der Waals surface area contributed by atoms with Crippen molar-refractivity contribution in [3.8, 4) is 11.5 Å². The standard InChI is InChI=1S/C21H28N2O3/c1-5-25-20-9-7-6-8-19(20)22-21(24)17(3)23(4)14-15-26-18-12-10-16(2)11-13-18/h6-13,17H,5,14-15H2,1-4H3,(H,22,24). The van der Waals surface area contributed by atoms with Crippen LogP contribution in [0.25, 0.3) is 0 Å². The van der Waals surface area contributed by atoms with E-state index in [1.165, 1.54) is 5.56 Å². The molecule has 1 amide bonds. The summed E-state index contributed by atoms with van der Waals surface area (Å²) in [7, 11) is 1.91. The van der Waals surface area contributed by atoms with Crippen molar-refractivity contribution in [1.82, 2.24) is 4.90 Å². The molecule has 0 aliphatic heterocycles. The summed E-state index contributed by atoms with van der Waals surface area (Å²) in [5.74, 6) is 1.45. The van der Waals surface area contributed by atoms with Crippen molar-refractivity contribution in [2.75, 3.05) is 32.1 Å². The van der Waals surface area contributed by atoms with Gasteiger partial charge in [-0.25, -0.2) is 0 Å². The molecule has 2 aromatic rings. The minimum absolute atomic E-state index is 0.0741. The fourth-order valence-corrected chi connectivity index (χ4v) is 2.42. The Labute approximate surface area is 155 Å². The van der Waals surface area contributed by atoms with E-state index in [1.54, 1.807) is 0 Å². The van der Waals surface area contributed by atoms with Gasteiger partial charge in [0.1, 0.15) is 18.1 Å². The van der Waals surface area contributed by atoms with Crippen LogP contribution in [-0.2, 0) is 4.79 Å². The number of carbonyl (C=O) groups excluding carboxylic acids is 1. The largest absolute Gasteiger partial charge is 0.492 e. The average molecular weight is 356 g/mol. The van der Waals surface area contributed by atoms with Crippen LogP contribution in [0, 0.1) is 6.92 Å². The van der Waals surface area contributed by atoms with Crippen molar-refractivity contribution >= 4 is 11.6 Å². The fourth-order valence-electron chi connectivity index (χ4n) is 2.42. The lowest BCUT2D eigenvalue weighted by Gasteiger charge is -2.24. The van der Waals surface area contributed by atoms with Crippen LogP contribution in [-0.4, -0.2) is 43.7 Å². The van der Waals surface area contributed by atoms with E-state index in [-0.39, 0.29) is 11.9 Å². The predicted molar refractivity (Wildman–Crippen MR) is 105 cm³/mol. The molecule has 0 aromatic heterocycles. The number of para-hydroxylation sites is 2. The molecule has 0 saturated carbocycles. The van der Waals surface area contributed by atoms with Crippen molar-refractivity contribution in [1.29, 1.82) is 0 Å². The summed E-state index contributed by atoms with van der Waals surface area (Å²) in [5, 5.41) is 2.94. The van der Waals surface area contributed by atoms with Gasteiger partial charge in [0.05, 0.1) is 18.3 Å². The molecule has 2 rings (SSSR count). The van der Waals surface area contributed by atoms with Crippen LogP contribution in [0.1, 0.15) is 19.4 Å². The molecule has 0 aliphatic carbocycles. The maximum atomic E-state index is 12.5. The van der Waals surface area contributed by atoms with Gasteiger partial charge in [-0.05, 0) is 52.1 Å². The van der Waals surface area contributed by atoms with Crippen LogP contribution in [0.15, 0.2) is 48.5 Å². The first-order valence-corrected chi connectivity index (χ1v) is 8.93. The van der Waals surface area contributed by atoms with E-state index in [4.69, 9.17) is 9.47 Å². The van der Waals surface area contributed by atoms with Gasteiger partial charge in [-0.15, -0.1) is 0 Å². The Bertz CT molecular complexity index is 701. The molecule has 0 aliphatic rings. The smallest absolute Gasteiger partial charge is 0.241 e. The minimum Gasteiger partial charge on any atom is -0.492 e. The average Bonchev–Trinajstić information content (AvgIpc) is 2.64. The molecule has 0 spiro atoms. The van der Waals surface area contributed by atoms with Gasteiger partial charge < -0.3 is 14.8 Å². The molecule has 26 heavy (non-hydrogen) atoms. The molecule has 2 aromatic carbocycles. The van der Waals surface area contributed by atoms with Crippen molar-refractivity contribution < 1.29 is 14.3 Å². The molecule has 0 bridgehead atoms. The predicted octanol–water partition coefficient (Wildman–Crippen LogP) is 3.73. The zero-order chi connectivity index (χ0) is 18.9. The van der Waals surface area contributed by atoms with Gasteiger partial charge >= 0.3 is 0 Å². The first kappa shape index (κ1) is 19.8. The Hall–Kier alpha value is -2.53. The molecule has 0 heterocycles. The second-order valence-corrected chi connectivity index (χ2v) is 6.24. The second-order valence-electron chi connectivity index (χ2n) is 6.24. The molecule has 140 valence electrons. The number of aryl methyl sites for hydroxylation is 1. The van der Waals surface area contributed by atoms with E-state index >= 15 is 0 Å². The van der Waals surface area contributed by atoms with E-state index < -0.39 is 0 Å². The molecular weight excluding hydrogens is 328 g/mol. The van der Waals surface area contributed by atoms with Crippen LogP contribution in [0.2, 0.25) is 0 Å². The third kappa shape index (κ3) is 5.77. The Morgan fingerprint density at radius 3 is 2.50 bits per heavy atom. The van der Waals surface area contributed by atoms with Crippen LogP contribution in [0.3, 0.4) is 0 Å². The fraction of sp³-hybridized carbons (Fsp3) is 0.381. The lowest BCUT2D eigenvalue weighted by Crippen LogP contribution is -2.41. The molecule has 0 radical (unpaired) electrons. The molecule has 0 fully saturated rings. The third-order valence-corrected chi connectivity index (χ3v) is 4.22. The Balaban J connectivity index is 1.84. The van der Waals surface area contributed by atoms with Gasteiger partial charge in [-0.1, -0.05) is 29.8 Å². The minimum atomic E-state index is -0.286. The number of amides is 1. The molecule has 5 nitrogen and oxygen atoms in total. The van der Waals surface area contributed by atoms with E-state index in [1.807, 2.05) is 81.2 Å². The second kappa shape index (κ2) is 9.82. The van der Waals surface area contributed by atoms with E-state index in [9.17, 15) is 4.79 Å². The Morgan fingerprint density at radius 2 is 1.81 bits per heavy atom. The number of hydrogen-bond donors (Lipinski definition) is 1. The highest BCUT2D eigenvalue weighted by Crippen LogP contribution is 2.24. The molecule has 1 atom stereocenters. The van der Waals surface area contributed by atoms with Gasteiger partial charge in [-0.2, -0.15) is 0 Å². The highest BCUT2D eigenvalue weighted by molar-refractivity contribution is 5.95. The number of nitrogens with one attached hydrogen (secondary N) is 1. The zero-order valence-corrected chi connectivity index (χ0v) is 16.0. The van der Waals surface area contributed by atoms with Crippen LogP contribution in [0.4, 0.5) is 5.69 Å². The van der Waals surface area contributed by atoms with Crippen molar-refractivity contribution in [2.24, 2.45) is 0 Å². The summed E-state index contributed by atoms with van der Waals surface area (Å²) in [4.78, 5) is 14.5. The number of rotatable bonds is 9. The highest BCUT2D eigenvalue weighted by atomic mass is 16.5. The van der Waals surface area contributed by atoms with Crippen molar-refractivity contribution in [3.63, 3.8) is 0 Å². The van der Waals surface area contributed by atoms with E-state index in [0.29, 0.717) is 31.2 Å². The number of likely N-dealkylation sites (N-methyl/N-ethyl adjacent to an activating group) is 1. The van der Waals surface area contributed by atoms with Crippen LogP contribution < -0.4 is 14.8 Å². The van der Waals surface area contributed by atoms with Crippen molar-refractivity contribution in [2.45, 2.75) is 26.8 Å². The summed E-state index contributed by atoms with van der Waals surface area (Å²) in [5.41, 5.74) is 1.89. The van der Waals surface area contributed by atoms with Gasteiger partial charge in [0.25, 0.3) is 0 Å². The summed E-state index contributed by atoms with van der Waals surface area (Å²) < 4.78 is 11.3. The first-order chi connectivity index (χ1) is 12.5. The number of hydrogen-bond acceptors (Lipinski definition) is 4. The maximum absolute atomic E-state index is 12.5. The molecule has 0 saturated heterocycles. The first-order valence-electron chi connectivity index (χ1n) is 8.93. The summed E-state index contributed by atoms with van der Waals surface area (Å²) in [6, 6.07) is 15.1. The Morgan fingerprint density at radius 1 is 1.12 bits per heavy atom. The lowest BCUT2D eigenvalue weighted by atomic mass is 10.2. The van der Waals surface area contributed by atoms with Crippen molar-refractivity contribution in [3.05, 3.63) is 54.1 Å². The maximum Gasteiger partial charge on any atom is 0.241 e. The molecular formula is C21H28N2O3. The summed E-state index contributed by atoms with van der Waals surface area (Å²) >= 11 is 0. The van der Waals surface area contributed by atoms with Gasteiger partial charge in [0.15, 0.2) is 0 Å². The Kier molecular flexibility index (Phi) is 7.48. The molecule has 5 heteroatoms. The normalized spacial score (nSPS) is 11.9. The third-order valence-electron chi connectivity index (χ3n) is 4.22. The zero-order valence-electron chi connectivity index (χ0n) is 16.0. The topological polar surface area (TPSA) is 50.8 Å². The SMILES string of the molecule is CCOc1ccccc1NC(=O)C(C)N(C)CCOc1ccc(C)cc1. The van der Waals surface area contributed by atoms with Crippen LogP contribution in [0.5, 0.6) is 11.5 Å². The van der Waals surface area contributed by atoms with E-state index in [0.717, 1.165) is 5.75 Å². The molecule has 1 N–H and O–H groups in total. The van der Waals surface area contributed by atoms with Gasteiger partial charge in [0, 0.05) is 6.54 Å². The highest BCUT2D eigenvalue weighted by Gasteiger charge is 2.19. The number of benzene rings is 2. The van der Waals surface area contributed by atoms with E-state index in [2.05, 4.69) is 5.32 Å². The monoisotopic (exact) mass is 356 g/mol. The number of carbonyl (C=O) groups is 1. The lowest BCUT2D eigenvalue weighted by molar-refractivity contribution is -0.120. The number of ether oxygens (including phenoxy) is 2. The summed E-state index contributed by atoms with van der Waals surface area (Å²) in [6.45, 7) is 7.57. The van der Waals surface area contributed by atoms with Gasteiger partial charge in [-0.3, -0.25) is 9.69 Å². The molecule has 1 unspecified atom stereocenters. The number of anilines is 1. The van der Waals surface area contributed by atoms with Gasteiger partial charge in [0.2, 0.25) is 5.91 Å². The quantitative estimate of drug-likeness (QED) is 0.744. The summed E-state index contributed by atoms with van der Waals surface area (Å²) in [6.07, 6.45) is 0. The number of nitrogens with zero attached hydrogens (tertiary/aromatic N) is 1. The van der Waals surface area contributed by atoms with Crippen LogP contribution >= 0.6 is 0 Å².